The number of aldehydes is 1. The molecule has 4 nitrogen and oxygen atoms in total. The van der Waals surface area contributed by atoms with Crippen LogP contribution < -0.4 is 14.2 Å². The highest BCUT2D eigenvalue weighted by molar-refractivity contribution is 5.76. The van der Waals surface area contributed by atoms with Crippen molar-refractivity contribution >= 4 is 6.29 Å². The second kappa shape index (κ2) is 9.78. The molecule has 150 valence electrons. The summed E-state index contributed by atoms with van der Waals surface area (Å²) in [4.78, 5) is 11.3. The molecular weight excluding hydrogens is 364 g/mol. The Balaban J connectivity index is 1.79. The molecule has 0 spiro atoms. The molecule has 0 aliphatic carbocycles. The lowest BCUT2D eigenvalue weighted by atomic mass is 10.0. The summed E-state index contributed by atoms with van der Waals surface area (Å²) in [5.41, 5.74) is 2.67. The number of hydrogen-bond donors (Lipinski definition) is 0. The molecule has 0 amide bonds. The van der Waals surface area contributed by atoms with E-state index < -0.39 is 0 Å². The minimum absolute atomic E-state index is 0.224. The van der Waals surface area contributed by atoms with Gasteiger partial charge in [0.05, 0.1) is 13.7 Å². The highest BCUT2D eigenvalue weighted by atomic mass is 16.5. The van der Waals surface area contributed by atoms with Gasteiger partial charge < -0.3 is 14.2 Å². The summed E-state index contributed by atoms with van der Waals surface area (Å²) in [6.07, 6.45) is 0.527. The monoisotopic (exact) mass is 390 g/mol. The molecule has 4 heteroatoms. The van der Waals surface area contributed by atoms with Gasteiger partial charge in [-0.25, -0.2) is 0 Å². The van der Waals surface area contributed by atoms with Gasteiger partial charge in [-0.2, -0.15) is 0 Å². The third-order valence-electron chi connectivity index (χ3n) is 4.84. The molecule has 0 aliphatic rings. The van der Waals surface area contributed by atoms with E-state index in [-0.39, 0.29) is 12.0 Å². The fourth-order valence-electron chi connectivity index (χ4n) is 3.16. The van der Waals surface area contributed by atoms with Crippen LogP contribution in [0.5, 0.6) is 17.2 Å². The lowest BCUT2D eigenvalue weighted by molar-refractivity contribution is 0.112. The maximum atomic E-state index is 11.3. The van der Waals surface area contributed by atoms with Crippen LogP contribution in [0.25, 0.3) is 0 Å². The summed E-state index contributed by atoms with van der Waals surface area (Å²) in [6.45, 7) is 4.57. The van der Waals surface area contributed by atoms with Gasteiger partial charge in [-0.05, 0) is 36.8 Å². The van der Waals surface area contributed by atoms with Crippen molar-refractivity contribution in [3.63, 3.8) is 0 Å². The first kappa shape index (κ1) is 20.5. The highest BCUT2D eigenvalue weighted by Crippen LogP contribution is 2.35. The number of rotatable bonds is 9. The second-order valence-electron chi connectivity index (χ2n) is 6.95. The summed E-state index contributed by atoms with van der Waals surface area (Å²) >= 11 is 0. The average Bonchev–Trinajstić information content (AvgIpc) is 2.78. The molecule has 0 heterocycles. The first-order valence-corrected chi connectivity index (χ1v) is 9.69. The van der Waals surface area contributed by atoms with Crippen molar-refractivity contribution in [2.75, 3.05) is 13.7 Å². The number of hydrogen-bond acceptors (Lipinski definition) is 4. The van der Waals surface area contributed by atoms with Crippen LogP contribution in [0.1, 0.15) is 47.4 Å². The Kier molecular flexibility index (Phi) is 6.90. The van der Waals surface area contributed by atoms with E-state index in [9.17, 15) is 4.79 Å². The largest absolute Gasteiger partial charge is 0.496 e. The Hall–Kier alpha value is -3.27. The molecule has 3 rings (SSSR count). The van der Waals surface area contributed by atoms with Crippen molar-refractivity contribution in [2.24, 2.45) is 0 Å². The smallest absolute Gasteiger partial charge is 0.162 e. The molecule has 0 radical (unpaired) electrons. The van der Waals surface area contributed by atoms with Gasteiger partial charge in [0, 0.05) is 17.0 Å². The Morgan fingerprint density at radius 1 is 0.862 bits per heavy atom. The maximum absolute atomic E-state index is 11.3. The number of benzene rings is 3. The fraction of sp³-hybridized carbons (Fsp3) is 0.240. The molecule has 0 N–H and O–H groups in total. The molecule has 0 fully saturated rings. The molecule has 3 aromatic rings. The zero-order chi connectivity index (χ0) is 20.6. The number of carbonyl (C=O) groups excluding carboxylic acids is 1. The maximum Gasteiger partial charge on any atom is 0.162 e. The van der Waals surface area contributed by atoms with Crippen LogP contribution in [-0.2, 0) is 0 Å². The van der Waals surface area contributed by atoms with Crippen molar-refractivity contribution in [2.45, 2.75) is 25.9 Å². The Morgan fingerprint density at radius 3 is 2.31 bits per heavy atom. The minimum Gasteiger partial charge on any atom is -0.496 e. The van der Waals surface area contributed by atoms with Crippen LogP contribution in [0.15, 0.2) is 72.8 Å². The molecule has 0 aromatic heterocycles. The molecule has 0 bridgehead atoms. The third kappa shape index (κ3) is 5.17. The summed E-state index contributed by atoms with van der Waals surface area (Å²) in [5, 5.41) is 0. The molecular formula is C25H26O4. The van der Waals surface area contributed by atoms with E-state index in [0.29, 0.717) is 23.7 Å². The quantitative estimate of drug-likeness (QED) is 0.431. The number of ether oxygens (including phenoxy) is 3. The number of methoxy groups -OCH3 is 1. The van der Waals surface area contributed by atoms with Gasteiger partial charge in [0.1, 0.15) is 18.1 Å². The van der Waals surface area contributed by atoms with Gasteiger partial charge in [0.15, 0.2) is 11.5 Å². The van der Waals surface area contributed by atoms with Gasteiger partial charge >= 0.3 is 0 Å². The van der Waals surface area contributed by atoms with Gasteiger partial charge in [0.25, 0.3) is 0 Å². The van der Waals surface area contributed by atoms with Gasteiger partial charge in [-0.3, -0.25) is 4.79 Å². The van der Waals surface area contributed by atoms with Crippen LogP contribution in [-0.4, -0.2) is 20.0 Å². The Bertz CT molecular complexity index is 937. The molecule has 0 saturated carbocycles. The van der Waals surface area contributed by atoms with Gasteiger partial charge in [-0.15, -0.1) is 0 Å². The molecule has 29 heavy (non-hydrogen) atoms. The van der Waals surface area contributed by atoms with Crippen molar-refractivity contribution < 1.29 is 19.0 Å². The third-order valence-corrected chi connectivity index (χ3v) is 4.84. The van der Waals surface area contributed by atoms with E-state index in [1.165, 1.54) is 5.56 Å². The lowest BCUT2D eigenvalue weighted by Crippen LogP contribution is -2.10. The first-order valence-electron chi connectivity index (χ1n) is 9.69. The fourth-order valence-corrected chi connectivity index (χ4v) is 3.16. The predicted octanol–water partition coefficient (Wildman–Crippen LogP) is 5.83. The molecule has 1 unspecified atom stereocenters. The second-order valence-corrected chi connectivity index (χ2v) is 6.95. The predicted molar refractivity (Wildman–Crippen MR) is 114 cm³/mol. The van der Waals surface area contributed by atoms with E-state index in [2.05, 4.69) is 19.1 Å². The number of carbonyl (C=O) groups is 1. The summed E-state index contributed by atoms with van der Waals surface area (Å²) in [5.74, 6) is 2.13. The van der Waals surface area contributed by atoms with E-state index in [0.717, 1.165) is 17.6 Å². The zero-order valence-corrected chi connectivity index (χ0v) is 17.0. The van der Waals surface area contributed by atoms with E-state index in [1.807, 2.05) is 49.4 Å². The highest BCUT2D eigenvalue weighted by Gasteiger charge is 2.16. The van der Waals surface area contributed by atoms with E-state index in [4.69, 9.17) is 14.2 Å². The summed E-state index contributed by atoms with van der Waals surface area (Å²) in [7, 11) is 1.64. The van der Waals surface area contributed by atoms with Crippen LogP contribution in [0.2, 0.25) is 0 Å². The zero-order valence-electron chi connectivity index (χ0n) is 17.0. The van der Waals surface area contributed by atoms with Crippen LogP contribution in [0.3, 0.4) is 0 Å². The molecule has 0 aliphatic heterocycles. The molecule has 0 saturated heterocycles. The Morgan fingerprint density at radius 2 is 1.59 bits per heavy atom. The van der Waals surface area contributed by atoms with Crippen molar-refractivity contribution in [3.05, 3.63) is 89.5 Å². The molecule has 2 atom stereocenters. The topological polar surface area (TPSA) is 44.8 Å². The van der Waals surface area contributed by atoms with E-state index >= 15 is 0 Å². The lowest BCUT2D eigenvalue weighted by Gasteiger charge is -2.21. The average molecular weight is 390 g/mol. The van der Waals surface area contributed by atoms with Crippen molar-refractivity contribution in [3.8, 4) is 17.2 Å². The van der Waals surface area contributed by atoms with Gasteiger partial charge in [0.2, 0.25) is 0 Å². The van der Waals surface area contributed by atoms with Gasteiger partial charge in [-0.1, -0.05) is 55.5 Å². The summed E-state index contributed by atoms with van der Waals surface area (Å²) < 4.78 is 17.7. The van der Waals surface area contributed by atoms with Crippen molar-refractivity contribution in [1.29, 1.82) is 0 Å². The standard InChI is InChI=1S/C25H26O4/c1-18(21-9-5-4-6-10-21)17-28-24-14-13-20(16-26)15-25(24)29-19(2)22-11-7-8-12-23(22)27-3/h4-16,18-19H,17H2,1-3H3/t18-,19?/m1/s1. The van der Waals surface area contributed by atoms with Crippen molar-refractivity contribution in [1.82, 2.24) is 0 Å². The van der Waals surface area contributed by atoms with Crippen LogP contribution in [0.4, 0.5) is 0 Å². The van der Waals surface area contributed by atoms with Crippen LogP contribution in [0, 0.1) is 0 Å². The molecule has 3 aromatic carbocycles. The SMILES string of the molecule is COc1ccccc1C(C)Oc1cc(C=O)ccc1OC[C@@H](C)c1ccccc1. The number of para-hydroxylation sites is 1. The normalized spacial score (nSPS) is 12.7. The van der Waals surface area contributed by atoms with E-state index in [1.54, 1.807) is 25.3 Å². The summed E-state index contributed by atoms with van der Waals surface area (Å²) in [6, 6.07) is 23.2. The van der Waals surface area contributed by atoms with Crippen LogP contribution >= 0.6 is 0 Å². The first-order chi connectivity index (χ1) is 14.1. The minimum atomic E-state index is -0.276. The Labute approximate surface area is 172 Å².